The van der Waals surface area contributed by atoms with Gasteiger partial charge in [-0.1, -0.05) is 0 Å². The largest absolute Gasteiger partial charge is 0.486 e. The number of rotatable bonds is 8. The van der Waals surface area contributed by atoms with Crippen molar-refractivity contribution in [3.05, 3.63) is 17.7 Å². The van der Waals surface area contributed by atoms with E-state index in [0.717, 1.165) is 31.1 Å². The van der Waals surface area contributed by atoms with Crippen LogP contribution in [0.5, 0.6) is 11.5 Å². The number of unbranched alkanes of at least 4 members (excludes halogenated alkanes) is 1. The van der Waals surface area contributed by atoms with E-state index in [1.165, 1.54) is 23.3 Å². The summed E-state index contributed by atoms with van der Waals surface area (Å²) < 4.78 is 11.3. The molecular formula is C16H26N2O2S. The van der Waals surface area contributed by atoms with E-state index in [-0.39, 0.29) is 0 Å². The molecule has 1 aromatic carbocycles. The molecule has 0 radical (unpaired) electrons. The van der Waals surface area contributed by atoms with Gasteiger partial charge in [0.05, 0.1) is 0 Å². The van der Waals surface area contributed by atoms with Crippen molar-refractivity contribution in [2.75, 3.05) is 46.7 Å². The van der Waals surface area contributed by atoms with Crippen LogP contribution in [0, 0.1) is 0 Å². The average Bonchev–Trinajstić information content (AvgIpc) is 2.49. The highest BCUT2D eigenvalue weighted by atomic mass is 32.2. The first-order valence-corrected chi connectivity index (χ1v) is 8.75. The predicted molar refractivity (Wildman–Crippen MR) is 88.7 cm³/mol. The van der Waals surface area contributed by atoms with Gasteiger partial charge < -0.3 is 19.7 Å². The lowest BCUT2D eigenvalue weighted by Gasteiger charge is -2.21. The third-order valence-corrected chi connectivity index (χ3v) is 4.29. The minimum atomic E-state index is 0.642. The molecule has 0 amide bonds. The molecule has 0 unspecified atom stereocenters. The van der Waals surface area contributed by atoms with Crippen molar-refractivity contribution in [1.29, 1.82) is 0 Å². The van der Waals surface area contributed by atoms with Gasteiger partial charge in [0.15, 0.2) is 11.5 Å². The normalized spacial score (nSPS) is 13.7. The maximum absolute atomic E-state index is 5.67. The van der Waals surface area contributed by atoms with Gasteiger partial charge in [0.1, 0.15) is 13.2 Å². The molecule has 0 aliphatic carbocycles. The zero-order valence-corrected chi connectivity index (χ0v) is 14.1. The quantitative estimate of drug-likeness (QED) is 0.590. The van der Waals surface area contributed by atoms with Gasteiger partial charge in [-0.15, -0.1) is 11.8 Å². The van der Waals surface area contributed by atoms with E-state index in [4.69, 9.17) is 9.47 Å². The molecule has 0 spiro atoms. The van der Waals surface area contributed by atoms with Crippen molar-refractivity contribution in [2.45, 2.75) is 24.3 Å². The fourth-order valence-electron chi connectivity index (χ4n) is 2.34. The molecule has 0 saturated carbocycles. The summed E-state index contributed by atoms with van der Waals surface area (Å²) >= 11 is 1.76. The molecule has 2 rings (SSSR count). The molecule has 0 bridgehead atoms. The second-order valence-corrected chi connectivity index (χ2v) is 6.34. The van der Waals surface area contributed by atoms with E-state index in [0.29, 0.717) is 13.2 Å². The van der Waals surface area contributed by atoms with Crippen molar-refractivity contribution < 1.29 is 9.47 Å². The molecule has 21 heavy (non-hydrogen) atoms. The molecule has 0 fully saturated rings. The van der Waals surface area contributed by atoms with Crippen LogP contribution in [-0.4, -0.2) is 51.6 Å². The second kappa shape index (κ2) is 8.51. The number of nitrogens with zero attached hydrogens (tertiary/aromatic N) is 1. The highest BCUT2D eigenvalue weighted by Gasteiger charge is 2.15. The monoisotopic (exact) mass is 310 g/mol. The smallest absolute Gasteiger partial charge is 0.162 e. The summed E-state index contributed by atoms with van der Waals surface area (Å²) in [6, 6.07) is 4.22. The van der Waals surface area contributed by atoms with Gasteiger partial charge in [-0.25, -0.2) is 0 Å². The Bertz CT molecular complexity index is 452. The maximum atomic E-state index is 5.67. The molecule has 5 heteroatoms. The second-order valence-electron chi connectivity index (χ2n) is 5.49. The highest BCUT2D eigenvalue weighted by molar-refractivity contribution is 7.98. The van der Waals surface area contributed by atoms with Crippen LogP contribution in [0.3, 0.4) is 0 Å². The van der Waals surface area contributed by atoms with E-state index in [1.54, 1.807) is 11.8 Å². The molecule has 1 aliphatic rings. The maximum Gasteiger partial charge on any atom is 0.162 e. The molecule has 1 N–H and O–H groups in total. The van der Waals surface area contributed by atoms with Gasteiger partial charge in [-0.05, 0) is 64.0 Å². The Labute approximate surface area is 132 Å². The SMILES string of the molecule is CSc1cc2c(cc1CNCCCCN(C)C)OCCO2. The molecule has 1 heterocycles. The van der Waals surface area contributed by atoms with Gasteiger partial charge >= 0.3 is 0 Å². The molecular weight excluding hydrogens is 284 g/mol. The molecule has 4 nitrogen and oxygen atoms in total. The highest BCUT2D eigenvalue weighted by Crippen LogP contribution is 2.36. The zero-order valence-electron chi connectivity index (χ0n) is 13.3. The van der Waals surface area contributed by atoms with Crippen molar-refractivity contribution in [3.8, 4) is 11.5 Å². The lowest BCUT2D eigenvalue weighted by Crippen LogP contribution is -2.19. The van der Waals surface area contributed by atoms with Crippen molar-refractivity contribution >= 4 is 11.8 Å². The number of hydrogen-bond donors (Lipinski definition) is 1. The number of fused-ring (bicyclic) bond motifs is 1. The van der Waals surface area contributed by atoms with Gasteiger partial charge in [0.25, 0.3) is 0 Å². The first kappa shape index (κ1) is 16.5. The molecule has 1 aliphatic heterocycles. The summed E-state index contributed by atoms with van der Waals surface area (Å²) in [5, 5.41) is 3.53. The number of thioether (sulfide) groups is 1. The molecule has 1 aromatic rings. The third-order valence-electron chi connectivity index (χ3n) is 3.47. The first-order chi connectivity index (χ1) is 10.2. The van der Waals surface area contributed by atoms with E-state index >= 15 is 0 Å². The standard InChI is InChI=1S/C16H26N2O2S/c1-18(2)7-5-4-6-17-12-13-10-14-15(11-16(13)21-3)20-9-8-19-14/h10-11,17H,4-9,12H2,1-3H3. The topological polar surface area (TPSA) is 33.7 Å². The molecule has 0 atom stereocenters. The Morgan fingerprint density at radius 1 is 1.14 bits per heavy atom. The fraction of sp³-hybridized carbons (Fsp3) is 0.625. The van der Waals surface area contributed by atoms with Crippen LogP contribution in [0.15, 0.2) is 17.0 Å². The zero-order chi connectivity index (χ0) is 15.1. The van der Waals surface area contributed by atoms with Crippen LogP contribution in [0.25, 0.3) is 0 Å². The molecule has 0 saturated heterocycles. The summed E-state index contributed by atoms with van der Waals surface area (Å²) in [5.74, 6) is 1.75. The fourth-order valence-corrected chi connectivity index (χ4v) is 2.96. The Kier molecular flexibility index (Phi) is 6.67. The minimum Gasteiger partial charge on any atom is -0.486 e. The van der Waals surface area contributed by atoms with Crippen LogP contribution in [0.2, 0.25) is 0 Å². The van der Waals surface area contributed by atoms with Crippen LogP contribution in [0.1, 0.15) is 18.4 Å². The van der Waals surface area contributed by atoms with Gasteiger partial charge in [-0.3, -0.25) is 0 Å². The lowest BCUT2D eigenvalue weighted by atomic mass is 10.2. The van der Waals surface area contributed by atoms with E-state index in [9.17, 15) is 0 Å². The summed E-state index contributed by atoms with van der Waals surface area (Å²) in [7, 11) is 4.24. The Balaban J connectivity index is 1.84. The third kappa shape index (κ3) is 5.09. The van der Waals surface area contributed by atoms with Crippen LogP contribution in [0.4, 0.5) is 0 Å². The van der Waals surface area contributed by atoms with Crippen molar-refractivity contribution in [3.63, 3.8) is 0 Å². The lowest BCUT2D eigenvalue weighted by molar-refractivity contribution is 0.171. The van der Waals surface area contributed by atoms with E-state index < -0.39 is 0 Å². The summed E-state index contributed by atoms with van der Waals surface area (Å²) in [6.07, 6.45) is 4.54. The summed E-state index contributed by atoms with van der Waals surface area (Å²) in [6.45, 7) is 4.37. The minimum absolute atomic E-state index is 0.642. The predicted octanol–water partition coefficient (Wildman–Crippen LogP) is 2.61. The molecule has 118 valence electrons. The van der Waals surface area contributed by atoms with Crippen LogP contribution < -0.4 is 14.8 Å². The summed E-state index contributed by atoms with van der Waals surface area (Å²) in [4.78, 5) is 3.49. The Morgan fingerprint density at radius 2 is 1.86 bits per heavy atom. The van der Waals surface area contributed by atoms with E-state index in [2.05, 4.69) is 42.7 Å². The number of benzene rings is 1. The van der Waals surface area contributed by atoms with Crippen LogP contribution in [-0.2, 0) is 6.54 Å². The Hall–Kier alpha value is -0.910. The summed E-state index contributed by atoms with van der Waals surface area (Å²) in [5.41, 5.74) is 1.29. The number of nitrogens with one attached hydrogen (secondary N) is 1. The average molecular weight is 310 g/mol. The van der Waals surface area contributed by atoms with E-state index in [1.807, 2.05) is 0 Å². The number of ether oxygens (including phenoxy) is 2. The van der Waals surface area contributed by atoms with Crippen LogP contribution >= 0.6 is 11.8 Å². The first-order valence-electron chi connectivity index (χ1n) is 7.52. The number of hydrogen-bond acceptors (Lipinski definition) is 5. The Morgan fingerprint density at radius 3 is 2.52 bits per heavy atom. The van der Waals surface area contributed by atoms with Gasteiger partial charge in [0.2, 0.25) is 0 Å². The van der Waals surface area contributed by atoms with Crippen molar-refractivity contribution in [2.24, 2.45) is 0 Å². The molecule has 0 aromatic heterocycles. The van der Waals surface area contributed by atoms with Crippen molar-refractivity contribution in [1.82, 2.24) is 10.2 Å². The van der Waals surface area contributed by atoms with Gasteiger partial charge in [-0.2, -0.15) is 0 Å². The van der Waals surface area contributed by atoms with Gasteiger partial charge in [0, 0.05) is 11.4 Å².